The Balaban J connectivity index is 1.67. The van der Waals surface area contributed by atoms with E-state index in [4.69, 9.17) is 0 Å². The van der Waals surface area contributed by atoms with E-state index in [1.165, 1.54) is 19.3 Å². The van der Waals surface area contributed by atoms with Gasteiger partial charge in [-0.1, -0.05) is 49.1 Å². The van der Waals surface area contributed by atoms with Gasteiger partial charge in [-0.2, -0.15) is 0 Å². The van der Waals surface area contributed by atoms with Crippen molar-refractivity contribution >= 4 is 11.7 Å². The highest BCUT2D eigenvalue weighted by molar-refractivity contribution is 6.08. The van der Waals surface area contributed by atoms with E-state index in [0.29, 0.717) is 23.7 Å². The van der Waals surface area contributed by atoms with Crippen molar-refractivity contribution in [1.82, 2.24) is 9.88 Å². The normalized spacial score (nSPS) is 15.1. The molecule has 1 aromatic heterocycles. The molecule has 0 unspecified atom stereocenters. The maximum absolute atomic E-state index is 12.7. The molecule has 0 saturated heterocycles. The second-order valence-electron chi connectivity index (χ2n) is 7.04. The van der Waals surface area contributed by atoms with E-state index in [-0.39, 0.29) is 11.7 Å². The molecule has 1 N–H and O–H groups in total. The van der Waals surface area contributed by atoms with E-state index in [1.54, 1.807) is 0 Å². The molecule has 0 atom stereocenters. The SMILES string of the molecule is Cc1ccc(C(=O)c2ccc(CC(=O)NC3CCCCC3)n2C)cc1. The zero-order chi connectivity index (χ0) is 17.8. The second kappa shape index (κ2) is 7.68. The predicted molar refractivity (Wildman–Crippen MR) is 98.7 cm³/mol. The molecule has 0 bridgehead atoms. The van der Waals surface area contributed by atoms with E-state index < -0.39 is 0 Å². The molecule has 0 spiro atoms. The molecule has 1 amide bonds. The van der Waals surface area contributed by atoms with Crippen molar-refractivity contribution in [1.29, 1.82) is 0 Å². The van der Waals surface area contributed by atoms with Crippen molar-refractivity contribution in [3.63, 3.8) is 0 Å². The Labute approximate surface area is 149 Å². The van der Waals surface area contributed by atoms with E-state index in [0.717, 1.165) is 24.1 Å². The molecular formula is C21H26N2O2. The van der Waals surface area contributed by atoms with Gasteiger partial charge in [0.2, 0.25) is 11.7 Å². The first kappa shape index (κ1) is 17.5. The summed E-state index contributed by atoms with van der Waals surface area (Å²) < 4.78 is 1.84. The summed E-state index contributed by atoms with van der Waals surface area (Å²) in [6, 6.07) is 11.6. The Morgan fingerprint density at radius 2 is 1.72 bits per heavy atom. The van der Waals surface area contributed by atoms with E-state index >= 15 is 0 Å². The number of aromatic nitrogens is 1. The Kier molecular flexibility index (Phi) is 5.37. The summed E-state index contributed by atoms with van der Waals surface area (Å²) in [7, 11) is 1.85. The van der Waals surface area contributed by atoms with Crippen LogP contribution in [-0.4, -0.2) is 22.3 Å². The molecule has 0 aliphatic heterocycles. The van der Waals surface area contributed by atoms with Gasteiger partial charge >= 0.3 is 0 Å². The van der Waals surface area contributed by atoms with Crippen LogP contribution in [0.15, 0.2) is 36.4 Å². The number of amides is 1. The van der Waals surface area contributed by atoms with Crippen LogP contribution in [0.1, 0.15) is 59.4 Å². The Hall–Kier alpha value is -2.36. The molecule has 1 saturated carbocycles. The van der Waals surface area contributed by atoms with E-state index in [2.05, 4.69) is 5.32 Å². The Morgan fingerprint density at radius 3 is 2.40 bits per heavy atom. The van der Waals surface area contributed by atoms with Crippen LogP contribution in [0.3, 0.4) is 0 Å². The fraction of sp³-hybridized carbons (Fsp3) is 0.429. The van der Waals surface area contributed by atoms with Gasteiger partial charge < -0.3 is 9.88 Å². The lowest BCUT2D eigenvalue weighted by molar-refractivity contribution is -0.121. The number of benzene rings is 1. The van der Waals surface area contributed by atoms with Crippen molar-refractivity contribution in [3.8, 4) is 0 Å². The quantitative estimate of drug-likeness (QED) is 0.848. The number of nitrogens with zero attached hydrogens (tertiary/aromatic N) is 1. The summed E-state index contributed by atoms with van der Waals surface area (Å²) in [6.45, 7) is 2.00. The van der Waals surface area contributed by atoms with Crippen molar-refractivity contribution in [3.05, 3.63) is 58.9 Å². The van der Waals surface area contributed by atoms with Crippen molar-refractivity contribution in [2.45, 2.75) is 51.5 Å². The maximum Gasteiger partial charge on any atom is 0.226 e. The lowest BCUT2D eigenvalue weighted by atomic mass is 9.95. The van der Waals surface area contributed by atoms with E-state index in [9.17, 15) is 9.59 Å². The minimum Gasteiger partial charge on any atom is -0.353 e. The van der Waals surface area contributed by atoms with Crippen LogP contribution in [0.4, 0.5) is 0 Å². The highest BCUT2D eigenvalue weighted by Gasteiger charge is 2.19. The van der Waals surface area contributed by atoms with Crippen LogP contribution in [-0.2, 0) is 18.3 Å². The average Bonchev–Trinajstić information content (AvgIpc) is 2.96. The number of hydrogen-bond acceptors (Lipinski definition) is 2. The highest BCUT2D eigenvalue weighted by Crippen LogP contribution is 2.18. The van der Waals surface area contributed by atoms with Gasteiger partial charge in [0.25, 0.3) is 0 Å². The first-order valence-corrected chi connectivity index (χ1v) is 9.10. The zero-order valence-electron chi connectivity index (χ0n) is 15.0. The molecule has 0 radical (unpaired) electrons. The maximum atomic E-state index is 12.7. The molecule has 1 aliphatic carbocycles. The van der Waals surface area contributed by atoms with Crippen molar-refractivity contribution < 1.29 is 9.59 Å². The fourth-order valence-electron chi connectivity index (χ4n) is 3.50. The Bertz CT molecular complexity index is 753. The minimum atomic E-state index is -0.0126. The molecule has 1 heterocycles. The molecule has 4 nitrogen and oxygen atoms in total. The molecule has 3 rings (SSSR count). The minimum absolute atomic E-state index is 0.0126. The first-order valence-electron chi connectivity index (χ1n) is 9.10. The lowest BCUT2D eigenvalue weighted by Gasteiger charge is -2.22. The fourth-order valence-corrected chi connectivity index (χ4v) is 3.50. The van der Waals surface area contributed by atoms with Crippen LogP contribution >= 0.6 is 0 Å². The van der Waals surface area contributed by atoms with Crippen LogP contribution in [0.25, 0.3) is 0 Å². The highest BCUT2D eigenvalue weighted by atomic mass is 16.1. The molecule has 1 aromatic carbocycles. The number of nitrogens with one attached hydrogen (secondary N) is 1. The molecule has 4 heteroatoms. The van der Waals surface area contributed by atoms with Gasteiger partial charge in [0.05, 0.1) is 12.1 Å². The molecule has 2 aromatic rings. The summed E-state index contributed by atoms with van der Waals surface area (Å²) in [5.74, 6) is 0.0314. The van der Waals surface area contributed by atoms with Gasteiger partial charge in [0.1, 0.15) is 0 Å². The van der Waals surface area contributed by atoms with Crippen LogP contribution in [0, 0.1) is 6.92 Å². The second-order valence-corrected chi connectivity index (χ2v) is 7.04. The third-order valence-corrected chi connectivity index (χ3v) is 5.08. The van der Waals surface area contributed by atoms with Crippen molar-refractivity contribution in [2.75, 3.05) is 0 Å². The van der Waals surface area contributed by atoms with Gasteiger partial charge in [-0.25, -0.2) is 0 Å². The van der Waals surface area contributed by atoms with Crippen molar-refractivity contribution in [2.24, 2.45) is 7.05 Å². The number of aryl methyl sites for hydroxylation is 1. The summed E-state index contributed by atoms with van der Waals surface area (Å²) in [5, 5.41) is 3.13. The van der Waals surface area contributed by atoms with Crippen LogP contribution < -0.4 is 5.32 Å². The summed E-state index contributed by atoms with van der Waals surface area (Å²) in [6.07, 6.45) is 6.14. The standard InChI is InChI=1S/C21H26N2O2/c1-15-8-10-16(11-9-15)21(25)19-13-12-18(23(19)2)14-20(24)22-17-6-4-3-5-7-17/h8-13,17H,3-7,14H2,1-2H3,(H,22,24). The van der Waals surface area contributed by atoms with Gasteiger partial charge in [-0.15, -0.1) is 0 Å². The molecule has 25 heavy (non-hydrogen) atoms. The number of rotatable bonds is 5. The van der Waals surface area contributed by atoms with E-state index in [1.807, 2.05) is 54.9 Å². The predicted octanol–water partition coefficient (Wildman–Crippen LogP) is 3.56. The number of carbonyl (C=O) groups is 2. The summed E-state index contributed by atoms with van der Waals surface area (Å²) in [5.41, 5.74) is 3.28. The molecule has 1 aliphatic rings. The van der Waals surface area contributed by atoms with Gasteiger partial charge in [0.15, 0.2) is 0 Å². The first-order chi connectivity index (χ1) is 12.0. The largest absolute Gasteiger partial charge is 0.353 e. The number of ketones is 1. The molecule has 1 fully saturated rings. The van der Waals surface area contributed by atoms with Gasteiger partial charge in [0, 0.05) is 24.3 Å². The Morgan fingerprint density at radius 1 is 1.04 bits per heavy atom. The van der Waals surface area contributed by atoms with Gasteiger partial charge in [-0.3, -0.25) is 9.59 Å². The average molecular weight is 338 g/mol. The lowest BCUT2D eigenvalue weighted by Crippen LogP contribution is -2.37. The number of carbonyl (C=O) groups excluding carboxylic acids is 2. The monoisotopic (exact) mass is 338 g/mol. The van der Waals surface area contributed by atoms with Crippen LogP contribution in [0.5, 0.6) is 0 Å². The third-order valence-electron chi connectivity index (χ3n) is 5.08. The third kappa shape index (κ3) is 4.19. The summed E-state index contributed by atoms with van der Waals surface area (Å²) in [4.78, 5) is 25.0. The zero-order valence-corrected chi connectivity index (χ0v) is 15.0. The summed E-state index contributed by atoms with van der Waals surface area (Å²) >= 11 is 0. The molecular weight excluding hydrogens is 312 g/mol. The smallest absolute Gasteiger partial charge is 0.226 e. The number of hydrogen-bond donors (Lipinski definition) is 1. The molecule has 132 valence electrons. The topological polar surface area (TPSA) is 51.1 Å². The van der Waals surface area contributed by atoms with Gasteiger partial charge in [-0.05, 0) is 31.9 Å². The van der Waals surface area contributed by atoms with Crippen LogP contribution in [0.2, 0.25) is 0 Å².